The molecule has 0 aliphatic heterocycles. The lowest BCUT2D eigenvalue weighted by Crippen LogP contribution is -2.10. The van der Waals surface area contributed by atoms with Gasteiger partial charge in [-0.25, -0.2) is 0 Å². The van der Waals surface area contributed by atoms with E-state index in [1.54, 1.807) is 0 Å². The lowest BCUT2D eigenvalue weighted by molar-refractivity contribution is 0.308. The summed E-state index contributed by atoms with van der Waals surface area (Å²) in [5.41, 5.74) is 0. The Labute approximate surface area is 66.0 Å². The van der Waals surface area contributed by atoms with Crippen LogP contribution in [-0.4, -0.2) is 0 Å². The van der Waals surface area contributed by atoms with Crippen LogP contribution >= 0.6 is 0 Å². The van der Waals surface area contributed by atoms with Crippen LogP contribution in [0.25, 0.3) is 0 Å². The minimum Gasteiger partial charge on any atom is -0.0651 e. The maximum Gasteiger partial charge on any atom is -0.0391 e. The molecule has 0 aromatic carbocycles. The first-order chi connectivity index (χ1) is 4.57. The van der Waals surface area contributed by atoms with Crippen molar-refractivity contribution in [2.24, 2.45) is 17.8 Å². The Morgan fingerprint density at radius 2 is 1.50 bits per heavy atom. The summed E-state index contributed by atoms with van der Waals surface area (Å²) in [6.45, 7) is 11.6. The van der Waals surface area contributed by atoms with E-state index >= 15 is 0 Å². The lowest BCUT2D eigenvalue weighted by Gasteiger charge is -2.20. The zero-order valence-electron chi connectivity index (χ0n) is 8.15. The molecule has 0 bridgehead atoms. The monoisotopic (exact) mass is 142 g/mol. The van der Waals surface area contributed by atoms with E-state index in [1.165, 1.54) is 12.8 Å². The number of hydrogen-bond donors (Lipinski definition) is 0. The Balaban J connectivity index is 3.60. The summed E-state index contributed by atoms with van der Waals surface area (Å²) in [6.07, 6.45) is 2.74. The molecule has 0 nitrogen and oxygen atoms in total. The molecule has 1 unspecified atom stereocenters. The van der Waals surface area contributed by atoms with Crippen LogP contribution in [0.15, 0.2) is 0 Å². The van der Waals surface area contributed by atoms with Crippen LogP contribution in [0.4, 0.5) is 0 Å². The Hall–Kier alpha value is 0. The molecule has 0 heteroatoms. The van der Waals surface area contributed by atoms with Crippen LogP contribution < -0.4 is 0 Å². The highest BCUT2D eigenvalue weighted by Gasteiger charge is 2.11. The quantitative estimate of drug-likeness (QED) is 0.561. The maximum absolute atomic E-state index is 2.33. The van der Waals surface area contributed by atoms with Crippen molar-refractivity contribution in [3.05, 3.63) is 0 Å². The molecule has 1 atom stereocenters. The normalized spacial score (nSPS) is 14.7. The predicted molar refractivity (Wildman–Crippen MR) is 48.1 cm³/mol. The van der Waals surface area contributed by atoms with Gasteiger partial charge in [-0.3, -0.25) is 0 Å². The predicted octanol–water partition coefficient (Wildman–Crippen LogP) is 3.71. The van der Waals surface area contributed by atoms with Crippen molar-refractivity contribution in [1.29, 1.82) is 0 Å². The molecule has 0 saturated heterocycles. The zero-order valence-corrected chi connectivity index (χ0v) is 8.15. The third kappa shape index (κ3) is 3.92. The van der Waals surface area contributed by atoms with Crippen LogP contribution in [0.3, 0.4) is 0 Å². The Kier molecular flexibility index (Phi) is 4.76. The minimum atomic E-state index is 0.868. The van der Waals surface area contributed by atoms with E-state index < -0.39 is 0 Å². The van der Waals surface area contributed by atoms with E-state index in [9.17, 15) is 0 Å². The SMILES string of the molecule is CCC(CC(C)C)C(C)C. The largest absolute Gasteiger partial charge is 0.0651 e. The van der Waals surface area contributed by atoms with Gasteiger partial charge in [-0.15, -0.1) is 0 Å². The van der Waals surface area contributed by atoms with Crippen LogP contribution in [-0.2, 0) is 0 Å². The second-order valence-electron chi connectivity index (χ2n) is 4.04. The first kappa shape index (κ1) is 10.0. The third-order valence-electron chi connectivity index (χ3n) is 2.24. The van der Waals surface area contributed by atoms with Gasteiger partial charge in [0.15, 0.2) is 0 Å². The summed E-state index contributed by atoms with van der Waals surface area (Å²) in [6, 6.07) is 0. The molecule has 0 saturated carbocycles. The fraction of sp³-hybridized carbons (Fsp3) is 1.00. The molecule has 0 aromatic rings. The fourth-order valence-corrected chi connectivity index (χ4v) is 1.52. The molecular weight excluding hydrogens is 120 g/mol. The number of hydrogen-bond acceptors (Lipinski definition) is 0. The van der Waals surface area contributed by atoms with Crippen molar-refractivity contribution in [3.63, 3.8) is 0 Å². The average molecular weight is 142 g/mol. The second-order valence-corrected chi connectivity index (χ2v) is 4.04. The summed E-state index contributed by atoms with van der Waals surface area (Å²) < 4.78 is 0. The van der Waals surface area contributed by atoms with Crippen LogP contribution in [0.2, 0.25) is 0 Å². The van der Waals surface area contributed by atoms with Gasteiger partial charge in [0.2, 0.25) is 0 Å². The fourth-order valence-electron chi connectivity index (χ4n) is 1.52. The molecule has 10 heavy (non-hydrogen) atoms. The molecule has 0 fully saturated rings. The smallest absolute Gasteiger partial charge is 0.0391 e. The highest BCUT2D eigenvalue weighted by Crippen LogP contribution is 2.22. The van der Waals surface area contributed by atoms with Crippen LogP contribution in [0, 0.1) is 17.8 Å². The van der Waals surface area contributed by atoms with E-state index in [-0.39, 0.29) is 0 Å². The zero-order chi connectivity index (χ0) is 8.15. The summed E-state index contributed by atoms with van der Waals surface area (Å²) in [5.74, 6) is 2.68. The molecule has 0 aromatic heterocycles. The van der Waals surface area contributed by atoms with Gasteiger partial charge in [-0.2, -0.15) is 0 Å². The number of rotatable bonds is 4. The van der Waals surface area contributed by atoms with E-state index in [0.29, 0.717) is 0 Å². The topological polar surface area (TPSA) is 0 Å². The Bertz CT molecular complexity index is 72.1. The molecule has 0 spiro atoms. The maximum atomic E-state index is 2.33. The van der Waals surface area contributed by atoms with E-state index in [0.717, 1.165) is 17.8 Å². The van der Waals surface area contributed by atoms with Crippen molar-refractivity contribution in [2.75, 3.05) is 0 Å². The molecule has 0 heterocycles. The summed E-state index contributed by atoms with van der Waals surface area (Å²) >= 11 is 0. The van der Waals surface area contributed by atoms with Crippen molar-refractivity contribution >= 4 is 0 Å². The van der Waals surface area contributed by atoms with E-state index in [1.807, 2.05) is 0 Å². The van der Waals surface area contributed by atoms with Gasteiger partial charge in [-0.1, -0.05) is 41.0 Å². The molecule has 62 valence electrons. The molecular formula is C10H22. The Morgan fingerprint density at radius 1 is 1.00 bits per heavy atom. The Morgan fingerprint density at radius 3 is 1.60 bits per heavy atom. The highest BCUT2D eigenvalue weighted by molar-refractivity contribution is 4.62. The van der Waals surface area contributed by atoms with Crippen molar-refractivity contribution in [3.8, 4) is 0 Å². The van der Waals surface area contributed by atoms with Crippen molar-refractivity contribution < 1.29 is 0 Å². The summed E-state index contributed by atoms with van der Waals surface area (Å²) in [4.78, 5) is 0. The van der Waals surface area contributed by atoms with Crippen molar-refractivity contribution in [1.82, 2.24) is 0 Å². The van der Waals surface area contributed by atoms with Gasteiger partial charge in [0.05, 0.1) is 0 Å². The van der Waals surface area contributed by atoms with Crippen molar-refractivity contribution in [2.45, 2.75) is 47.5 Å². The van der Waals surface area contributed by atoms with Gasteiger partial charge >= 0.3 is 0 Å². The summed E-state index contributed by atoms with van der Waals surface area (Å²) in [7, 11) is 0. The first-order valence-corrected chi connectivity index (χ1v) is 4.57. The van der Waals surface area contributed by atoms with Gasteiger partial charge < -0.3 is 0 Å². The lowest BCUT2D eigenvalue weighted by atomic mass is 9.86. The van der Waals surface area contributed by atoms with Crippen LogP contribution in [0.1, 0.15) is 47.5 Å². The molecule has 0 rings (SSSR count). The van der Waals surface area contributed by atoms with Crippen LogP contribution in [0.5, 0.6) is 0 Å². The van der Waals surface area contributed by atoms with Gasteiger partial charge in [-0.05, 0) is 24.2 Å². The van der Waals surface area contributed by atoms with E-state index in [4.69, 9.17) is 0 Å². The molecule has 0 radical (unpaired) electrons. The van der Waals surface area contributed by atoms with Gasteiger partial charge in [0.25, 0.3) is 0 Å². The molecule has 0 aliphatic carbocycles. The molecule has 0 N–H and O–H groups in total. The van der Waals surface area contributed by atoms with Gasteiger partial charge in [0, 0.05) is 0 Å². The average Bonchev–Trinajstić information content (AvgIpc) is 1.81. The first-order valence-electron chi connectivity index (χ1n) is 4.57. The molecule has 0 amide bonds. The standard InChI is InChI=1S/C10H22/c1-6-10(9(4)5)7-8(2)3/h8-10H,6-7H2,1-5H3. The molecule has 0 aliphatic rings. The minimum absolute atomic E-state index is 0.868. The highest BCUT2D eigenvalue weighted by atomic mass is 14.2. The van der Waals surface area contributed by atoms with Gasteiger partial charge in [0.1, 0.15) is 0 Å². The third-order valence-corrected chi connectivity index (χ3v) is 2.24. The summed E-state index contributed by atoms with van der Waals surface area (Å²) in [5, 5.41) is 0. The second kappa shape index (κ2) is 4.76. The van der Waals surface area contributed by atoms with E-state index in [2.05, 4.69) is 34.6 Å².